The smallest absolute Gasteiger partial charge is 0.264 e. The Labute approximate surface area is 139 Å². The molecule has 1 aromatic heterocycles. The second-order valence-electron chi connectivity index (χ2n) is 5.20. The van der Waals surface area contributed by atoms with E-state index in [1.807, 2.05) is 24.3 Å². The quantitative estimate of drug-likeness (QED) is 0.737. The van der Waals surface area contributed by atoms with Gasteiger partial charge in [0, 0.05) is 5.56 Å². The summed E-state index contributed by atoms with van der Waals surface area (Å²) in [4.78, 5) is 17.5. The van der Waals surface area contributed by atoms with Crippen LogP contribution in [0.4, 0.5) is 0 Å². The number of para-hydroxylation sites is 2. The maximum Gasteiger partial charge on any atom is 0.264 e. The van der Waals surface area contributed by atoms with Crippen LogP contribution in [0.5, 0.6) is 17.2 Å². The maximum atomic E-state index is 13.0. The molecular weight excluding hydrogens is 308 g/mol. The third-order valence-corrected chi connectivity index (χ3v) is 3.84. The summed E-state index contributed by atoms with van der Waals surface area (Å²) in [5.74, 6) is 1.73. The van der Waals surface area contributed by atoms with Gasteiger partial charge in [-0.2, -0.15) is 0 Å². The lowest BCUT2D eigenvalue weighted by Crippen LogP contribution is -2.14. The Hall–Kier alpha value is -3.02. The van der Waals surface area contributed by atoms with Crippen molar-refractivity contribution in [2.75, 3.05) is 21.3 Å². The molecule has 2 aromatic carbocycles. The minimum atomic E-state index is -0.208. The minimum Gasteiger partial charge on any atom is -0.493 e. The van der Waals surface area contributed by atoms with Gasteiger partial charge in [-0.3, -0.25) is 9.36 Å². The first-order valence-corrected chi connectivity index (χ1v) is 7.39. The van der Waals surface area contributed by atoms with Crippen LogP contribution in [0.3, 0.4) is 0 Å². The molecule has 0 radical (unpaired) electrons. The van der Waals surface area contributed by atoms with Crippen molar-refractivity contribution in [1.82, 2.24) is 9.55 Å². The molecule has 1 heterocycles. The van der Waals surface area contributed by atoms with Crippen LogP contribution < -0.4 is 14.2 Å². The molecule has 0 unspecified atom stereocenters. The van der Waals surface area contributed by atoms with Gasteiger partial charge in [-0.15, -0.1) is 0 Å². The molecule has 24 heavy (non-hydrogen) atoms. The van der Waals surface area contributed by atoms with Gasteiger partial charge in [0.25, 0.3) is 5.91 Å². The Morgan fingerprint density at radius 2 is 1.62 bits per heavy atom. The van der Waals surface area contributed by atoms with Crippen molar-refractivity contribution in [1.29, 1.82) is 0 Å². The number of hydrogen-bond acceptors (Lipinski definition) is 5. The van der Waals surface area contributed by atoms with E-state index in [0.29, 0.717) is 28.6 Å². The summed E-state index contributed by atoms with van der Waals surface area (Å²) in [6.07, 6.45) is 0. The van der Waals surface area contributed by atoms with E-state index < -0.39 is 0 Å². The summed E-state index contributed by atoms with van der Waals surface area (Å²) in [5.41, 5.74) is 1.96. The number of carbonyl (C=O) groups excluding carboxylic acids is 1. The maximum absolute atomic E-state index is 13.0. The van der Waals surface area contributed by atoms with Crippen LogP contribution in [0.25, 0.3) is 11.0 Å². The molecule has 0 saturated carbocycles. The molecule has 0 saturated heterocycles. The fourth-order valence-electron chi connectivity index (χ4n) is 2.74. The summed E-state index contributed by atoms with van der Waals surface area (Å²) >= 11 is 0. The summed E-state index contributed by atoms with van der Waals surface area (Å²) in [6, 6.07) is 10.8. The van der Waals surface area contributed by atoms with Gasteiger partial charge in [0.05, 0.1) is 32.4 Å². The number of carbonyl (C=O) groups is 1. The van der Waals surface area contributed by atoms with E-state index in [4.69, 9.17) is 14.2 Å². The summed E-state index contributed by atoms with van der Waals surface area (Å²) in [7, 11) is 4.56. The molecule has 0 N–H and O–H groups in total. The standard InChI is InChI=1S/C18H18N2O4/c1-11-19-13-7-5-6-8-14(13)20(11)18(21)12-9-15(22-2)17(24-4)16(10-12)23-3/h5-10H,1-4H3. The van der Waals surface area contributed by atoms with Crippen LogP contribution in [0.1, 0.15) is 16.2 Å². The van der Waals surface area contributed by atoms with Crippen LogP contribution in [-0.4, -0.2) is 36.8 Å². The number of fused-ring (bicyclic) bond motifs is 1. The van der Waals surface area contributed by atoms with E-state index in [-0.39, 0.29) is 5.91 Å². The molecule has 0 atom stereocenters. The van der Waals surface area contributed by atoms with Gasteiger partial charge in [-0.1, -0.05) is 12.1 Å². The number of imidazole rings is 1. The fourth-order valence-corrected chi connectivity index (χ4v) is 2.74. The van der Waals surface area contributed by atoms with Crippen molar-refractivity contribution in [2.45, 2.75) is 6.92 Å². The zero-order valence-electron chi connectivity index (χ0n) is 14.0. The molecule has 0 aliphatic rings. The van der Waals surface area contributed by atoms with Gasteiger partial charge in [-0.05, 0) is 31.2 Å². The van der Waals surface area contributed by atoms with Crippen LogP contribution >= 0.6 is 0 Å². The average Bonchev–Trinajstić information content (AvgIpc) is 2.95. The lowest BCUT2D eigenvalue weighted by molar-refractivity contribution is 0.0961. The lowest BCUT2D eigenvalue weighted by atomic mass is 10.1. The van der Waals surface area contributed by atoms with Crippen LogP contribution in [0.2, 0.25) is 0 Å². The SMILES string of the molecule is COc1cc(C(=O)n2c(C)nc3ccccc32)cc(OC)c1OC. The van der Waals surface area contributed by atoms with Crippen molar-refractivity contribution in [2.24, 2.45) is 0 Å². The Morgan fingerprint density at radius 3 is 2.21 bits per heavy atom. The molecule has 3 rings (SSSR count). The monoisotopic (exact) mass is 326 g/mol. The molecule has 124 valence electrons. The van der Waals surface area contributed by atoms with E-state index in [9.17, 15) is 4.79 Å². The Bertz CT molecular complexity index is 890. The zero-order valence-corrected chi connectivity index (χ0v) is 14.0. The predicted octanol–water partition coefficient (Wildman–Crippen LogP) is 3.06. The van der Waals surface area contributed by atoms with Gasteiger partial charge in [0.1, 0.15) is 5.82 Å². The summed E-state index contributed by atoms with van der Waals surface area (Å²) < 4.78 is 17.5. The normalized spacial score (nSPS) is 10.7. The first-order chi connectivity index (χ1) is 11.6. The number of rotatable bonds is 4. The highest BCUT2D eigenvalue weighted by Gasteiger charge is 2.20. The van der Waals surface area contributed by atoms with E-state index in [1.54, 1.807) is 23.6 Å². The summed E-state index contributed by atoms with van der Waals surface area (Å²) in [6.45, 7) is 1.80. The molecule has 0 amide bonds. The first-order valence-electron chi connectivity index (χ1n) is 7.39. The topological polar surface area (TPSA) is 62.6 Å². The van der Waals surface area contributed by atoms with Gasteiger partial charge in [-0.25, -0.2) is 4.98 Å². The highest BCUT2D eigenvalue weighted by molar-refractivity contribution is 6.02. The third kappa shape index (κ3) is 2.46. The van der Waals surface area contributed by atoms with Crippen molar-refractivity contribution < 1.29 is 19.0 Å². The van der Waals surface area contributed by atoms with Crippen molar-refractivity contribution in [3.63, 3.8) is 0 Å². The molecule has 0 fully saturated rings. The number of methoxy groups -OCH3 is 3. The molecule has 0 aliphatic carbocycles. The molecule has 3 aromatic rings. The molecule has 0 bridgehead atoms. The number of benzene rings is 2. The Morgan fingerprint density at radius 1 is 1.00 bits per heavy atom. The number of hydrogen-bond donors (Lipinski definition) is 0. The number of aryl methyl sites for hydroxylation is 1. The van der Waals surface area contributed by atoms with Crippen LogP contribution in [-0.2, 0) is 0 Å². The second kappa shape index (κ2) is 6.23. The number of nitrogens with zero attached hydrogens (tertiary/aromatic N) is 2. The van der Waals surface area contributed by atoms with Gasteiger partial charge < -0.3 is 14.2 Å². The van der Waals surface area contributed by atoms with E-state index in [0.717, 1.165) is 11.0 Å². The highest BCUT2D eigenvalue weighted by atomic mass is 16.5. The second-order valence-corrected chi connectivity index (χ2v) is 5.20. The van der Waals surface area contributed by atoms with Crippen molar-refractivity contribution in [3.8, 4) is 17.2 Å². The lowest BCUT2D eigenvalue weighted by Gasteiger charge is -2.14. The van der Waals surface area contributed by atoms with Crippen molar-refractivity contribution >= 4 is 16.9 Å². The number of ether oxygens (including phenoxy) is 3. The van der Waals surface area contributed by atoms with Crippen molar-refractivity contribution in [3.05, 3.63) is 47.8 Å². The zero-order chi connectivity index (χ0) is 17.3. The molecule has 6 nitrogen and oxygen atoms in total. The van der Waals surface area contributed by atoms with Gasteiger partial charge in [0.2, 0.25) is 5.75 Å². The summed E-state index contributed by atoms with van der Waals surface area (Å²) in [5, 5.41) is 0. The van der Waals surface area contributed by atoms with Crippen LogP contribution in [0.15, 0.2) is 36.4 Å². The number of aromatic nitrogens is 2. The average molecular weight is 326 g/mol. The molecule has 0 spiro atoms. The minimum absolute atomic E-state index is 0.208. The molecule has 6 heteroatoms. The highest BCUT2D eigenvalue weighted by Crippen LogP contribution is 2.38. The van der Waals surface area contributed by atoms with E-state index >= 15 is 0 Å². The van der Waals surface area contributed by atoms with Gasteiger partial charge >= 0.3 is 0 Å². The molecule has 0 aliphatic heterocycles. The first kappa shape index (κ1) is 15.9. The Kier molecular flexibility index (Phi) is 4.12. The van der Waals surface area contributed by atoms with Gasteiger partial charge in [0.15, 0.2) is 11.5 Å². The van der Waals surface area contributed by atoms with Crippen LogP contribution in [0, 0.1) is 6.92 Å². The van der Waals surface area contributed by atoms with E-state index in [2.05, 4.69) is 4.98 Å². The predicted molar refractivity (Wildman–Crippen MR) is 90.3 cm³/mol. The fraction of sp³-hybridized carbons (Fsp3) is 0.222. The van der Waals surface area contributed by atoms with E-state index in [1.165, 1.54) is 21.3 Å². The molecular formula is C18H18N2O4. The Balaban J connectivity index is 2.18. The third-order valence-electron chi connectivity index (χ3n) is 3.84. The largest absolute Gasteiger partial charge is 0.493 e.